The molecular weight excluding hydrogens is 261 g/mol. The van der Waals surface area contributed by atoms with Gasteiger partial charge in [0.05, 0.1) is 0 Å². The van der Waals surface area contributed by atoms with Crippen molar-refractivity contribution in [2.24, 2.45) is 5.73 Å². The van der Waals surface area contributed by atoms with E-state index in [-0.39, 0.29) is 11.8 Å². The summed E-state index contributed by atoms with van der Waals surface area (Å²) < 4.78 is 63.7. The van der Waals surface area contributed by atoms with Gasteiger partial charge in [-0.3, -0.25) is 0 Å². The molecule has 0 aliphatic rings. The topological polar surface area (TPSA) is 26.0 Å². The van der Waals surface area contributed by atoms with Crippen molar-refractivity contribution >= 4 is 11.8 Å². The number of rotatable bonds is 3. The van der Waals surface area contributed by atoms with Gasteiger partial charge in [-0.2, -0.15) is 13.2 Å². The highest BCUT2D eigenvalue weighted by molar-refractivity contribution is 8.00. The van der Waals surface area contributed by atoms with E-state index in [0.29, 0.717) is 0 Å². The van der Waals surface area contributed by atoms with Crippen LogP contribution in [0.3, 0.4) is 0 Å². The minimum Gasteiger partial charge on any atom is -0.327 e. The monoisotopic (exact) mass is 271 g/mol. The Balaban J connectivity index is 2.98. The number of thioether (sulfide) groups is 1. The summed E-state index contributed by atoms with van der Waals surface area (Å²) in [5.74, 6) is -1.69. The lowest BCUT2D eigenvalue weighted by Gasteiger charge is -2.23. The molecule has 0 fully saturated rings. The van der Waals surface area contributed by atoms with Crippen LogP contribution in [0.1, 0.15) is 6.92 Å². The molecule has 96 valence electrons. The van der Waals surface area contributed by atoms with Gasteiger partial charge in [0, 0.05) is 10.9 Å². The van der Waals surface area contributed by atoms with E-state index < -0.39 is 34.0 Å². The molecule has 1 rings (SSSR count). The zero-order valence-electron chi connectivity index (χ0n) is 8.76. The van der Waals surface area contributed by atoms with Crippen LogP contribution in [0.15, 0.2) is 23.1 Å². The first kappa shape index (κ1) is 14.2. The molecule has 1 nitrogen and oxygen atoms in total. The first-order valence-corrected chi connectivity index (χ1v) is 5.54. The van der Waals surface area contributed by atoms with Gasteiger partial charge >= 0.3 is 6.18 Å². The number of hydrogen-bond acceptors (Lipinski definition) is 2. The highest BCUT2D eigenvalue weighted by atomic mass is 32.2. The molecule has 0 saturated carbocycles. The van der Waals surface area contributed by atoms with E-state index in [2.05, 4.69) is 0 Å². The largest absolute Gasteiger partial charge is 0.402 e. The second-order valence-electron chi connectivity index (χ2n) is 3.51. The third kappa shape index (κ3) is 3.85. The van der Waals surface area contributed by atoms with Crippen LogP contribution in [0.25, 0.3) is 0 Å². The van der Waals surface area contributed by atoms with Crippen LogP contribution in [0.4, 0.5) is 22.0 Å². The van der Waals surface area contributed by atoms with Crippen molar-refractivity contribution in [3.63, 3.8) is 0 Å². The highest BCUT2D eigenvalue weighted by Gasteiger charge is 2.43. The van der Waals surface area contributed by atoms with Crippen LogP contribution in [-0.2, 0) is 0 Å². The Morgan fingerprint density at radius 2 is 1.82 bits per heavy atom. The van der Waals surface area contributed by atoms with Crippen molar-refractivity contribution < 1.29 is 22.0 Å². The fraction of sp³-hybridized carbons (Fsp3) is 0.400. The number of nitrogens with two attached hydrogens (primary N) is 1. The lowest BCUT2D eigenvalue weighted by atomic mass is 10.2. The van der Waals surface area contributed by atoms with Crippen molar-refractivity contribution in [2.45, 2.75) is 29.3 Å². The fourth-order valence-electron chi connectivity index (χ4n) is 1.18. The van der Waals surface area contributed by atoms with Gasteiger partial charge in [0.25, 0.3) is 0 Å². The summed E-state index contributed by atoms with van der Waals surface area (Å²) in [6, 6.07) is 1.13. The minimum atomic E-state index is -4.57. The molecule has 0 aromatic heterocycles. The van der Waals surface area contributed by atoms with Gasteiger partial charge in [0.2, 0.25) is 0 Å². The lowest BCUT2D eigenvalue weighted by molar-refractivity contribution is -0.131. The van der Waals surface area contributed by atoms with E-state index >= 15 is 0 Å². The summed E-state index contributed by atoms with van der Waals surface area (Å²) in [6.45, 7) is 1.17. The van der Waals surface area contributed by atoms with Crippen molar-refractivity contribution in [2.75, 3.05) is 0 Å². The SMILES string of the molecule is CC(N)C(Sc1cc(F)ccc1F)C(F)(F)F. The maximum atomic E-state index is 13.2. The Morgan fingerprint density at radius 1 is 1.24 bits per heavy atom. The van der Waals surface area contributed by atoms with Gasteiger partial charge in [-0.25, -0.2) is 8.78 Å². The Labute approximate surface area is 99.2 Å². The summed E-state index contributed by atoms with van der Waals surface area (Å²) in [4.78, 5) is -0.398. The Hall–Kier alpha value is -0.820. The molecule has 2 unspecified atom stereocenters. The van der Waals surface area contributed by atoms with Crippen LogP contribution in [0.2, 0.25) is 0 Å². The molecule has 0 spiro atoms. The molecule has 2 atom stereocenters. The minimum absolute atomic E-state index is 0.180. The molecule has 1 aromatic rings. The number of hydrogen-bond donors (Lipinski definition) is 1. The van der Waals surface area contributed by atoms with Gasteiger partial charge in [-0.1, -0.05) is 0 Å². The standard InChI is InChI=1S/C10H10F5NS/c1-5(16)9(10(13,14)15)17-8-4-6(11)2-3-7(8)12/h2-5,9H,16H2,1H3. The van der Waals surface area contributed by atoms with E-state index in [1.807, 2.05) is 0 Å². The summed E-state index contributed by atoms with van der Waals surface area (Å²) in [5.41, 5.74) is 5.20. The van der Waals surface area contributed by atoms with Crippen LogP contribution in [0, 0.1) is 11.6 Å². The third-order valence-electron chi connectivity index (χ3n) is 1.95. The molecule has 0 aliphatic heterocycles. The average molecular weight is 271 g/mol. The van der Waals surface area contributed by atoms with E-state index in [9.17, 15) is 22.0 Å². The average Bonchev–Trinajstić information content (AvgIpc) is 2.17. The molecule has 0 radical (unpaired) electrons. The number of benzene rings is 1. The molecule has 0 heterocycles. The highest BCUT2D eigenvalue weighted by Crippen LogP contribution is 2.37. The molecule has 0 amide bonds. The first-order chi connectivity index (χ1) is 7.71. The Kier molecular flexibility index (Phi) is 4.37. The molecule has 7 heteroatoms. The molecule has 0 bridgehead atoms. The second-order valence-corrected chi connectivity index (χ2v) is 4.70. The summed E-state index contributed by atoms with van der Waals surface area (Å²) >= 11 is 0.180. The normalized spacial score (nSPS) is 15.7. The van der Waals surface area contributed by atoms with Crippen LogP contribution in [-0.4, -0.2) is 17.5 Å². The van der Waals surface area contributed by atoms with Crippen LogP contribution >= 0.6 is 11.8 Å². The Bertz CT molecular complexity index is 391. The van der Waals surface area contributed by atoms with Gasteiger partial charge in [0.15, 0.2) is 0 Å². The van der Waals surface area contributed by atoms with Gasteiger partial charge in [0.1, 0.15) is 16.9 Å². The Morgan fingerprint density at radius 3 is 2.29 bits per heavy atom. The van der Waals surface area contributed by atoms with Crippen molar-refractivity contribution in [1.82, 2.24) is 0 Å². The van der Waals surface area contributed by atoms with Crippen molar-refractivity contribution in [1.29, 1.82) is 0 Å². The van der Waals surface area contributed by atoms with Gasteiger partial charge in [-0.05, 0) is 25.1 Å². The van der Waals surface area contributed by atoms with Gasteiger partial charge < -0.3 is 5.73 Å². The second kappa shape index (κ2) is 5.22. The third-order valence-corrected chi connectivity index (χ3v) is 3.46. The quantitative estimate of drug-likeness (QED) is 0.674. The zero-order valence-corrected chi connectivity index (χ0v) is 9.58. The van der Waals surface area contributed by atoms with E-state index in [1.54, 1.807) is 0 Å². The molecule has 1 aromatic carbocycles. The summed E-state index contributed by atoms with van der Waals surface area (Å²) in [6.07, 6.45) is -4.57. The van der Waals surface area contributed by atoms with Crippen LogP contribution in [0.5, 0.6) is 0 Å². The maximum Gasteiger partial charge on any atom is 0.402 e. The summed E-state index contributed by atoms with van der Waals surface area (Å²) in [5, 5.41) is -1.97. The van der Waals surface area contributed by atoms with E-state index in [0.717, 1.165) is 18.2 Å². The predicted molar refractivity (Wildman–Crippen MR) is 55.7 cm³/mol. The lowest BCUT2D eigenvalue weighted by Crippen LogP contribution is -2.40. The predicted octanol–water partition coefficient (Wildman–Crippen LogP) is 3.34. The smallest absolute Gasteiger partial charge is 0.327 e. The van der Waals surface area contributed by atoms with E-state index in [1.165, 1.54) is 6.92 Å². The molecular formula is C10H10F5NS. The fourth-order valence-corrected chi connectivity index (χ4v) is 2.16. The number of halogens is 5. The van der Waals surface area contributed by atoms with E-state index in [4.69, 9.17) is 5.73 Å². The van der Waals surface area contributed by atoms with Gasteiger partial charge in [-0.15, -0.1) is 11.8 Å². The van der Waals surface area contributed by atoms with Crippen molar-refractivity contribution in [3.8, 4) is 0 Å². The molecule has 0 saturated heterocycles. The number of alkyl halides is 3. The first-order valence-electron chi connectivity index (χ1n) is 4.66. The molecule has 0 aliphatic carbocycles. The van der Waals surface area contributed by atoms with Crippen LogP contribution < -0.4 is 5.73 Å². The maximum absolute atomic E-state index is 13.2. The molecule has 17 heavy (non-hydrogen) atoms. The molecule has 2 N–H and O–H groups in total. The zero-order chi connectivity index (χ0) is 13.2. The van der Waals surface area contributed by atoms with Crippen molar-refractivity contribution in [3.05, 3.63) is 29.8 Å². The summed E-state index contributed by atoms with van der Waals surface area (Å²) in [7, 11) is 0.